The number of hydrogen-bond acceptors (Lipinski definition) is 4. The minimum Gasteiger partial charge on any atom is -0.352 e. The maximum Gasteiger partial charge on any atom is 0.251 e. The molecule has 2 amide bonds. The van der Waals surface area contributed by atoms with Gasteiger partial charge in [0, 0.05) is 30.8 Å². The summed E-state index contributed by atoms with van der Waals surface area (Å²) in [6, 6.07) is 13.4. The van der Waals surface area contributed by atoms with Crippen LogP contribution in [0.5, 0.6) is 0 Å². The zero-order valence-corrected chi connectivity index (χ0v) is 18.1. The standard InChI is InChI=1S/C24H29N5O2/c1-16-9-10-17(14-21(16)28-24(31)18-11-13-29(2)15-18)23(30)25-12-5-8-22-26-19-6-3-4-7-20(19)27-22/h3-4,6-7,9-10,14,18H,5,8,11-13,15H2,1-2H3,(H,25,30)(H,26,27)(H,28,31). The van der Waals surface area contributed by atoms with Crippen LogP contribution in [0.3, 0.4) is 0 Å². The third-order valence-electron chi connectivity index (χ3n) is 5.83. The van der Waals surface area contributed by atoms with E-state index in [0.29, 0.717) is 17.8 Å². The van der Waals surface area contributed by atoms with E-state index in [1.54, 1.807) is 12.1 Å². The van der Waals surface area contributed by atoms with Crippen molar-refractivity contribution in [2.45, 2.75) is 26.2 Å². The molecule has 3 aromatic rings. The smallest absolute Gasteiger partial charge is 0.251 e. The molecule has 2 heterocycles. The highest BCUT2D eigenvalue weighted by atomic mass is 16.2. The molecule has 0 aliphatic carbocycles. The van der Waals surface area contributed by atoms with Crippen molar-refractivity contribution in [1.82, 2.24) is 20.2 Å². The fourth-order valence-electron chi connectivity index (χ4n) is 3.97. The van der Waals surface area contributed by atoms with Gasteiger partial charge in [0.1, 0.15) is 5.82 Å². The van der Waals surface area contributed by atoms with Crippen molar-refractivity contribution < 1.29 is 9.59 Å². The SMILES string of the molecule is Cc1ccc(C(=O)NCCCc2nc3ccccc3[nH]2)cc1NC(=O)C1CCN(C)C1. The highest BCUT2D eigenvalue weighted by molar-refractivity contribution is 5.98. The first kappa shape index (κ1) is 21.1. The number of fused-ring (bicyclic) bond motifs is 1. The maximum atomic E-state index is 12.6. The van der Waals surface area contributed by atoms with E-state index < -0.39 is 0 Å². The van der Waals surface area contributed by atoms with Crippen LogP contribution in [0.25, 0.3) is 11.0 Å². The molecule has 1 aliphatic heterocycles. The Hall–Kier alpha value is -3.19. The summed E-state index contributed by atoms with van der Waals surface area (Å²) in [5, 5.41) is 5.98. The molecular formula is C24H29N5O2. The number of hydrogen-bond donors (Lipinski definition) is 3. The number of aromatic amines is 1. The van der Waals surface area contributed by atoms with Crippen LogP contribution < -0.4 is 10.6 Å². The number of H-pyrrole nitrogens is 1. The molecule has 0 spiro atoms. The molecule has 1 saturated heterocycles. The van der Waals surface area contributed by atoms with Gasteiger partial charge in [0.2, 0.25) is 5.91 Å². The van der Waals surface area contributed by atoms with E-state index in [4.69, 9.17) is 0 Å². The van der Waals surface area contributed by atoms with E-state index >= 15 is 0 Å². The van der Waals surface area contributed by atoms with E-state index in [9.17, 15) is 9.59 Å². The topological polar surface area (TPSA) is 90.1 Å². The van der Waals surface area contributed by atoms with Gasteiger partial charge in [-0.3, -0.25) is 9.59 Å². The van der Waals surface area contributed by atoms with Crippen LogP contribution in [0.2, 0.25) is 0 Å². The van der Waals surface area contributed by atoms with Crippen molar-refractivity contribution in [2.24, 2.45) is 5.92 Å². The number of imidazole rings is 1. The highest BCUT2D eigenvalue weighted by Gasteiger charge is 2.26. The van der Waals surface area contributed by atoms with Gasteiger partial charge in [-0.25, -0.2) is 4.98 Å². The lowest BCUT2D eigenvalue weighted by atomic mass is 10.1. The molecule has 0 radical (unpaired) electrons. The molecule has 1 aliphatic rings. The Balaban J connectivity index is 1.29. The molecule has 4 rings (SSSR count). The third kappa shape index (κ3) is 5.11. The summed E-state index contributed by atoms with van der Waals surface area (Å²) in [5.74, 6) is 0.810. The Kier molecular flexibility index (Phi) is 6.32. The molecule has 1 aromatic heterocycles. The number of benzene rings is 2. The second kappa shape index (κ2) is 9.31. The lowest BCUT2D eigenvalue weighted by Crippen LogP contribution is -2.27. The van der Waals surface area contributed by atoms with Gasteiger partial charge < -0.3 is 20.5 Å². The molecule has 1 atom stereocenters. The summed E-state index contributed by atoms with van der Waals surface area (Å²) in [4.78, 5) is 35.2. The zero-order chi connectivity index (χ0) is 21.8. The van der Waals surface area contributed by atoms with Crippen LogP contribution >= 0.6 is 0 Å². The predicted octanol–water partition coefficient (Wildman–Crippen LogP) is 3.12. The molecule has 3 N–H and O–H groups in total. The van der Waals surface area contributed by atoms with Crippen LogP contribution in [-0.4, -0.2) is 53.4 Å². The van der Waals surface area contributed by atoms with Gasteiger partial charge in [-0.05, 0) is 63.2 Å². The van der Waals surface area contributed by atoms with E-state index in [-0.39, 0.29) is 17.7 Å². The number of anilines is 1. The second-order valence-electron chi connectivity index (χ2n) is 8.33. The van der Waals surface area contributed by atoms with Crippen molar-refractivity contribution >= 4 is 28.5 Å². The highest BCUT2D eigenvalue weighted by Crippen LogP contribution is 2.21. The van der Waals surface area contributed by atoms with Crippen molar-refractivity contribution in [3.8, 4) is 0 Å². The summed E-state index contributed by atoms with van der Waals surface area (Å²) in [5.41, 5.74) is 4.18. The normalized spacial score (nSPS) is 16.5. The molecule has 31 heavy (non-hydrogen) atoms. The summed E-state index contributed by atoms with van der Waals surface area (Å²) in [6.45, 7) is 4.20. The Morgan fingerprint density at radius 2 is 2.06 bits per heavy atom. The molecule has 1 unspecified atom stereocenters. The number of carbonyl (C=O) groups is 2. The van der Waals surface area contributed by atoms with Crippen LogP contribution in [0, 0.1) is 12.8 Å². The van der Waals surface area contributed by atoms with Crippen LogP contribution in [0.4, 0.5) is 5.69 Å². The molecule has 7 nitrogen and oxygen atoms in total. The van der Waals surface area contributed by atoms with Gasteiger partial charge in [0.15, 0.2) is 0 Å². The van der Waals surface area contributed by atoms with Crippen molar-refractivity contribution in [3.05, 3.63) is 59.4 Å². The van der Waals surface area contributed by atoms with Crippen LogP contribution in [0.1, 0.15) is 34.6 Å². The van der Waals surface area contributed by atoms with E-state index in [0.717, 1.165) is 54.8 Å². The van der Waals surface area contributed by atoms with Gasteiger partial charge in [0.05, 0.1) is 17.0 Å². The first-order valence-electron chi connectivity index (χ1n) is 10.8. The average molecular weight is 420 g/mol. The minimum atomic E-state index is -0.138. The second-order valence-corrected chi connectivity index (χ2v) is 8.33. The van der Waals surface area contributed by atoms with E-state index in [1.165, 1.54) is 0 Å². The number of aromatic nitrogens is 2. The van der Waals surface area contributed by atoms with Gasteiger partial charge in [-0.2, -0.15) is 0 Å². The van der Waals surface area contributed by atoms with Gasteiger partial charge >= 0.3 is 0 Å². The van der Waals surface area contributed by atoms with Crippen molar-refractivity contribution in [1.29, 1.82) is 0 Å². The number of carbonyl (C=O) groups excluding carboxylic acids is 2. The Bertz CT molecular complexity index is 1060. The number of para-hydroxylation sites is 2. The summed E-state index contributed by atoms with van der Waals surface area (Å²) < 4.78 is 0. The first-order valence-corrected chi connectivity index (χ1v) is 10.8. The van der Waals surface area contributed by atoms with Crippen molar-refractivity contribution in [2.75, 3.05) is 32.0 Å². The summed E-state index contributed by atoms with van der Waals surface area (Å²) in [7, 11) is 2.03. The lowest BCUT2D eigenvalue weighted by Gasteiger charge is -2.14. The number of nitrogens with zero attached hydrogens (tertiary/aromatic N) is 2. The summed E-state index contributed by atoms with van der Waals surface area (Å²) in [6.07, 6.45) is 2.42. The van der Waals surface area contributed by atoms with Gasteiger partial charge in [-0.15, -0.1) is 0 Å². The molecule has 0 saturated carbocycles. The van der Waals surface area contributed by atoms with E-state index in [1.807, 2.05) is 44.3 Å². The van der Waals surface area contributed by atoms with Crippen LogP contribution in [-0.2, 0) is 11.2 Å². The van der Waals surface area contributed by atoms with E-state index in [2.05, 4.69) is 25.5 Å². The predicted molar refractivity (Wildman–Crippen MR) is 122 cm³/mol. The van der Waals surface area contributed by atoms with Crippen LogP contribution in [0.15, 0.2) is 42.5 Å². The number of rotatable bonds is 7. The molecule has 2 aromatic carbocycles. The Morgan fingerprint density at radius 1 is 1.23 bits per heavy atom. The monoisotopic (exact) mass is 419 g/mol. The number of likely N-dealkylation sites (tertiary alicyclic amines) is 1. The zero-order valence-electron chi connectivity index (χ0n) is 18.1. The number of nitrogens with one attached hydrogen (secondary N) is 3. The summed E-state index contributed by atoms with van der Waals surface area (Å²) >= 11 is 0. The fraction of sp³-hybridized carbons (Fsp3) is 0.375. The average Bonchev–Trinajstić information content (AvgIpc) is 3.38. The quantitative estimate of drug-likeness (QED) is 0.513. The fourth-order valence-corrected chi connectivity index (χ4v) is 3.97. The lowest BCUT2D eigenvalue weighted by molar-refractivity contribution is -0.119. The largest absolute Gasteiger partial charge is 0.352 e. The minimum absolute atomic E-state index is 0.000122. The van der Waals surface area contributed by atoms with Crippen molar-refractivity contribution in [3.63, 3.8) is 0 Å². The molecule has 1 fully saturated rings. The number of amides is 2. The van der Waals surface area contributed by atoms with Gasteiger partial charge in [-0.1, -0.05) is 18.2 Å². The van der Waals surface area contributed by atoms with Gasteiger partial charge in [0.25, 0.3) is 5.91 Å². The molecular weight excluding hydrogens is 390 g/mol. The maximum absolute atomic E-state index is 12.6. The molecule has 0 bridgehead atoms. The first-order chi connectivity index (χ1) is 15.0. The third-order valence-corrected chi connectivity index (χ3v) is 5.83. The number of aryl methyl sites for hydroxylation is 2. The molecule has 7 heteroatoms. The Labute approximate surface area is 182 Å². The molecule has 162 valence electrons. The Morgan fingerprint density at radius 3 is 2.84 bits per heavy atom.